The third kappa shape index (κ3) is 2.85. The van der Waals surface area contributed by atoms with Gasteiger partial charge in [-0.2, -0.15) is 4.68 Å². The lowest BCUT2D eigenvalue weighted by Crippen LogP contribution is -2.20. The Bertz CT molecular complexity index is 920. The van der Waals surface area contributed by atoms with Gasteiger partial charge in [-0.05, 0) is 30.7 Å². The molecule has 1 aromatic heterocycles. The highest BCUT2D eigenvalue weighted by molar-refractivity contribution is 7.99. The van der Waals surface area contributed by atoms with Crippen molar-refractivity contribution < 1.29 is 4.79 Å². The second kappa shape index (κ2) is 6.07. The predicted molar refractivity (Wildman–Crippen MR) is 95.5 cm³/mol. The molecule has 0 aliphatic carbocycles. The summed E-state index contributed by atoms with van der Waals surface area (Å²) in [5.74, 6) is 0.557. The van der Waals surface area contributed by atoms with Gasteiger partial charge in [-0.25, -0.2) is 4.98 Å². The van der Waals surface area contributed by atoms with Gasteiger partial charge in [-0.15, -0.1) is 5.10 Å². The van der Waals surface area contributed by atoms with Gasteiger partial charge in [0.05, 0.1) is 0 Å². The molecule has 24 heavy (non-hydrogen) atoms. The van der Waals surface area contributed by atoms with Crippen LogP contribution in [0.4, 0.5) is 0 Å². The van der Waals surface area contributed by atoms with Gasteiger partial charge in [0.15, 0.2) is 11.0 Å². The zero-order valence-electron chi connectivity index (χ0n) is 12.9. The minimum absolute atomic E-state index is 0.0323. The van der Waals surface area contributed by atoms with Crippen molar-refractivity contribution in [2.45, 2.75) is 23.8 Å². The van der Waals surface area contributed by atoms with Crippen LogP contribution in [0.25, 0.3) is 11.4 Å². The first kappa shape index (κ1) is 15.4. The van der Waals surface area contributed by atoms with Crippen molar-refractivity contribution in [3.63, 3.8) is 0 Å². The minimum Gasteiger partial charge on any atom is -0.272 e. The molecule has 0 spiro atoms. The van der Waals surface area contributed by atoms with E-state index in [1.54, 1.807) is 11.8 Å². The van der Waals surface area contributed by atoms with Gasteiger partial charge >= 0.3 is 0 Å². The van der Waals surface area contributed by atoms with E-state index in [0.29, 0.717) is 22.4 Å². The molecule has 3 aromatic rings. The Morgan fingerprint density at radius 2 is 2.00 bits per heavy atom. The zero-order valence-corrected chi connectivity index (χ0v) is 14.5. The molecule has 2 aromatic carbocycles. The molecule has 1 aliphatic heterocycles. The molecule has 6 heteroatoms. The molecule has 2 heterocycles. The van der Waals surface area contributed by atoms with Gasteiger partial charge < -0.3 is 0 Å². The van der Waals surface area contributed by atoms with E-state index in [1.807, 2.05) is 55.5 Å². The molecule has 1 atom stereocenters. The lowest BCUT2D eigenvalue weighted by Gasteiger charge is -2.20. The molecule has 120 valence electrons. The second-order valence-corrected chi connectivity index (χ2v) is 7.36. The summed E-state index contributed by atoms with van der Waals surface area (Å²) in [4.78, 5) is 17.0. The summed E-state index contributed by atoms with van der Waals surface area (Å²) in [5, 5.41) is 5.77. The monoisotopic (exact) mass is 355 g/mol. The van der Waals surface area contributed by atoms with Crippen molar-refractivity contribution in [3.8, 4) is 11.4 Å². The summed E-state index contributed by atoms with van der Waals surface area (Å²) in [6.45, 7) is 2.02. The lowest BCUT2D eigenvalue weighted by molar-refractivity contribution is 0.0868. The van der Waals surface area contributed by atoms with Crippen LogP contribution >= 0.6 is 23.4 Å². The predicted octanol–water partition coefficient (Wildman–Crippen LogP) is 4.78. The average molecular weight is 356 g/mol. The molecular weight excluding hydrogens is 342 g/mol. The van der Waals surface area contributed by atoms with E-state index in [2.05, 4.69) is 10.1 Å². The maximum atomic E-state index is 12.5. The van der Waals surface area contributed by atoms with E-state index in [1.165, 1.54) is 4.68 Å². The Hall–Kier alpha value is -2.11. The first-order valence-electron chi connectivity index (χ1n) is 7.59. The number of hydrogen-bond acceptors (Lipinski definition) is 4. The normalized spacial score (nSPS) is 16.9. The van der Waals surface area contributed by atoms with Crippen LogP contribution < -0.4 is 0 Å². The third-order valence-corrected chi connectivity index (χ3v) is 5.39. The zero-order chi connectivity index (χ0) is 16.7. The molecule has 0 bridgehead atoms. The molecule has 0 fully saturated rings. The topological polar surface area (TPSA) is 47.8 Å². The SMILES string of the molecule is Cc1cccc(-c2nc3n(n2)C(=O)C[C@@H](c2ccc(Cl)cc2)S3)c1. The Morgan fingerprint density at radius 1 is 1.21 bits per heavy atom. The minimum atomic E-state index is -0.0323. The Labute approximate surface area is 148 Å². The number of nitrogens with zero attached hydrogens (tertiary/aromatic N) is 3. The van der Waals surface area contributed by atoms with E-state index >= 15 is 0 Å². The number of thioether (sulfide) groups is 1. The molecule has 4 rings (SSSR count). The quantitative estimate of drug-likeness (QED) is 0.663. The molecule has 1 aliphatic rings. The second-order valence-electron chi connectivity index (χ2n) is 5.76. The molecule has 0 unspecified atom stereocenters. The number of aromatic nitrogens is 3. The number of carbonyl (C=O) groups is 1. The summed E-state index contributed by atoms with van der Waals surface area (Å²) >= 11 is 7.51. The van der Waals surface area contributed by atoms with E-state index < -0.39 is 0 Å². The van der Waals surface area contributed by atoms with Crippen LogP contribution in [0.15, 0.2) is 53.7 Å². The fourth-order valence-electron chi connectivity index (χ4n) is 2.72. The Morgan fingerprint density at radius 3 is 2.75 bits per heavy atom. The molecular formula is C18H14ClN3OS. The standard InChI is InChI=1S/C18H14ClN3OS/c1-11-3-2-4-13(9-11)17-20-18-22(21-17)16(23)10-15(24-18)12-5-7-14(19)8-6-12/h2-9,15H,10H2,1H3/t15-/m0/s1. The Balaban J connectivity index is 1.68. The van der Waals surface area contributed by atoms with Crippen molar-refractivity contribution >= 4 is 29.3 Å². The van der Waals surface area contributed by atoms with Crippen molar-refractivity contribution in [1.82, 2.24) is 14.8 Å². The average Bonchev–Trinajstić information content (AvgIpc) is 3.00. The van der Waals surface area contributed by atoms with Gasteiger partial charge in [0, 0.05) is 22.3 Å². The highest BCUT2D eigenvalue weighted by Crippen LogP contribution is 2.41. The number of aryl methyl sites for hydroxylation is 1. The van der Waals surface area contributed by atoms with Crippen molar-refractivity contribution in [3.05, 3.63) is 64.7 Å². The van der Waals surface area contributed by atoms with Crippen LogP contribution in [0.2, 0.25) is 5.02 Å². The van der Waals surface area contributed by atoms with Gasteiger partial charge in [0.25, 0.3) is 5.91 Å². The van der Waals surface area contributed by atoms with Crippen LogP contribution in [-0.2, 0) is 0 Å². The first-order chi connectivity index (χ1) is 11.6. The van der Waals surface area contributed by atoms with Crippen LogP contribution in [-0.4, -0.2) is 20.7 Å². The third-order valence-electron chi connectivity index (χ3n) is 3.94. The van der Waals surface area contributed by atoms with Crippen molar-refractivity contribution in [2.75, 3.05) is 0 Å². The van der Waals surface area contributed by atoms with E-state index in [0.717, 1.165) is 16.7 Å². The van der Waals surface area contributed by atoms with Gasteiger partial charge in [-0.1, -0.05) is 59.3 Å². The largest absolute Gasteiger partial charge is 0.272 e. The maximum Gasteiger partial charge on any atom is 0.250 e. The van der Waals surface area contributed by atoms with Crippen LogP contribution in [0, 0.1) is 6.92 Å². The highest BCUT2D eigenvalue weighted by Gasteiger charge is 2.30. The number of hydrogen-bond donors (Lipinski definition) is 0. The van der Waals surface area contributed by atoms with Gasteiger partial charge in [0.1, 0.15) is 0 Å². The molecule has 0 radical (unpaired) electrons. The summed E-state index contributed by atoms with van der Waals surface area (Å²) < 4.78 is 1.43. The number of halogens is 1. The summed E-state index contributed by atoms with van der Waals surface area (Å²) in [7, 11) is 0. The number of benzene rings is 2. The highest BCUT2D eigenvalue weighted by atomic mass is 35.5. The molecule has 4 nitrogen and oxygen atoms in total. The van der Waals surface area contributed by atoms with Gasteiger partial charge in [0.2, 0.25) is 0 Å². The molecule has 0 saturated heterocycles. The van der Waals surface area contributed by atoms with E-state index in [-0.39, 0.29) is 11.2 Å². The van der Waals surface area contributed by atoms with Gasteiger partial charge in [-0.3, -0.25) is 4.79 Å². The fraction of sp³-hybridized carbons (Fsp3) is 0.167. The molecule has 0 saturated carbocycles. The number of carbonyl (C=O) groups excluding carboxylic acids is 1. The Kier molecular flexibility index (Phi) is 3.90. The van der Waals surface area contributed by atoms with Crippen molar-refractivity contribution in [1.29, 1.82) is 0 Å². The fourth-order valence-corrected chi connectivity index (χ4v) is 4.00. The van der Waals surface area contributed by atoms with E-state index in [9.17, 15) is 4.79 Å². The number of fused-ring (bicyclic) bond motifs is 1. The smallest absolute Gasteiger partial charge is 0.250 e. The maximum absolute atomic E-state index is 12.5. The van der Waals surface area contributed by atoms with Crippen LogP contribution in [0.5, 0.6) is 0 Å². The summed E-state index contributed by atoms with van der Waals surface area (Å²) in [6.07, 6.45) is 0.399. The first-order valence-corrected chi connectivity index (χ1v) is 8.85. The molecule has 0 N–H and O–H groups in total. The molecule has 0 amide bonds. The van der Waals surface area contributed by atoms with Crippen molar-refractivity contribution in [2.24, 2.45) is 0 Å². The summed E-state index contributed by atoms with van der Waals surface area (Å²) in [5.41, 5.74) is 3.13. The summed E-state index contributed by atoms with van der Waals surface area (Å²) in [6, 6.07) is 15.6. The van der Waals surface area contributed by atoms with E-state index in [4.69, 9.17) is 11.6 Å². The van der Waals surface area contributed by atoms with Crippen LogP contribution in [0.1, 0.15) is 27.6 Å². The van der Waals surface area contributed by atoms with Crippen LogP contribution in [0.3, 0.4) is 0 Å². The lowest BCUT2D eigenvalue weighted by atomic mass is 10.1. The number of rotatable bonds is 2.